The van der Waals surface area contributed by atoms with E-state index in [1.807, 2.05) is 26.0 Å². The number of nitrogens with zero attached hydrogens (tertiary/aromatic N) is 2. The van der Waals surface area contributed by atoms with Crippen molar-refractivity contribution in [1.82, 2.24) is 9.78 Å². The van der Waals surface area contributed by atoms with Crippen molar-refractivity contribution >= 4 is 11.6 Å². The van der Waals surface area contributed by atoms with Crippen LogP contribution in [0, 0.1) is 6.92 Å². The van der Waals surface area contributed by atoms with E-state index in [0.29, 0.717) is 17.1 Å². The van der Waals surface area contributed by atoms with Crippen LogP contribution in [0.2, 0.25) is 0 Å². The van der Waals surface area contributed by atoms with Crippen LogP contribution in [0.1, 0.15) is 23.1 Å². The lowest BCUT2D eigenvalue weighted by atomic mass is 10.2. The summed E-state index contributed by atoms with van der Waals surface area (Å²) in [5, 5.41) is 7.05. The summed E-state index contributed by atoms with van der Waals surface area (Å²) in [6.07, 6.45) is 0. The third-order valence-corrected chi connectivity index (χ3v) is 2.87. The standard InChI is InChI=1S/C14H17N3O2/c1-4-17-10(2)9-12(16-17)14(18)15-11-7-5-6-8-13(11)19-3/h5-9H,4H2,1-3H3,(H,15,18). The molecular formula is C14H17N3O2. The molecule has 0 unspecified atom stereocenters. The average Bonchev–Trinajstić information content (AvgIpc) is 2.80. The van der Waals surface area contributed by atoms with Crippen molar-refractivity contribution in [3.8, 4) is 5.75 Å². The summed E-state index contributed by atoms with van der Waals surface area (Å²) in [5.41, 5.74) is 2.01. The molecule has 1 aromatic heterocycles. The summed E-state index contributed by atoms with van der Waals surface area (Å²) < 4.78 is 6.98. The van der Waals surface area contributed by atoms with Gasteiger partial charge in [-0.25, -0.2) is 0 Å². The minimum Gasteiger partial charge on any atom is -0.495 e. The molecular weight excluding hydrogens is 242 g/mol. The first kappa shape index (κ1) is 13.1. The smallest absolute Gasteiger partial charge is 0.276 e. The van der Waals surface area contributed by atoms with Crippen LogP contribution in [0.3, 0.4) is 0 Å². The second-order valence-corrected chi connectivity index (χ2v) is 4.14. The highest BCUT2D eigenvalue weighted by molar-refractivity contribution is 6.03. The van der Waals surface area contributed by atoms with E-state index in [1.165, 1.54) is 0 Å². The van der Waals surface area contributed by atoms with Gasteiger partial charge in [-0.3, -0.25) is 9.48 Å². The number of nitrogens with one attached hydrogen (secondary N) is 1. The van der Waals surface area contributed by atoms with E-state index in [0.717, 1.165) is 12.2 Å². The number of hydrogen-bond acceptors (Lipinski definition) is 3. The van der Waals surface area contributed by atoms with Gasteiger partial charge >= 0.3 is 0 Å². The number of para-hydroxylation sites is 2. The van der Waals surface area contributed by atoms with Crippen LogP contribution in [-0.2, 0) is 6.54 Å². The summed E-state index contributed by atoms with van der Waals surface area (Å²) in [7, 11) is 1.57. The lowest BCUT2D eigenvalue weighted by Gasteiger charge is -2.08. The highest BCUT2D eigenvalue weighted by atomic mass is 16.5. The van der Waals surface area contributed by atoms with Gasteiger partial charge in [0.2, 0.25) is 0 Å². The van der Waals surface area contributed by atoms with E-state index in [2.05, 4.69) is 10.4 Å². The maximum Gasteiger partial charge on any atom is 0.276 e. The summed E-state index contributed by atoms with van der Waals surface area (Å²) in [4.78, 5) is 12.1. The molecule has 5 heteroatoms. The number of rotatable bonds is 4. The summed E-state index contributed by atoms with van der Waals surface area (Å²) in [6.45, 7) is 4.66. The molecule has 5 nitrogen and oxygen atoms in total. The Morgan fingerprint density at radius 3 is 2.79 bits per heavy atom. The molecule has 2 rings (SSSR count). The van der Waals surface area contributed by atoms with Gasteiger partial charge in [-0.05, 0) is 32.0 Å². The van der Waals surface area contributed by atoms with Crippen molar-refractivity contribution in [2.45, 2.75) is 20.4 Å². The highest BCUT2D eigenvalue weighted by Crippen LogP contribution is 2.23. The van der Waals surface area contributed by atoms with Gasteiger partial charge < -0.3 is 10.1 Å². The van der Waals surface area contributed by atoms with Crippen LogP contribution in [-0.4, -0.2) is 22.8 Å². The first-order valence-electron chi connectivity index (χ1n) is 6.14. The normalized spacial score (nSPS) is 10.3. The number of hydrogen-bond donors (Lipinski definition) is 1. The van der Waals surface area contributed by atoms with Gasteiger partial charge in [0, 0.05) is 12.2 Å². The Balaban J connectivity index is 2.20. The Labute approximate surface area is 112 Å². The number of ether oxygens (including phenoxy) is 1. The molecule has 0 fully saturated rings. The second kappa shape index (κ2) is 5.56. The first-order valence-corrected chi connectivity index (χ1v) is 6.14. The molecule has 2 aromatic rings. The SMILES string of the molecule is CCn1nc(C(=O)Nc2ccccc2OC)cc1C. The molecule has 0 bridgehead atoms. The zero-order valence-corrected chi connectivity index (χ0v) is 11.3. The van der Waals surface area contributed by atoms with E-state index in [-0.39, 0.29) is 5.91 Å². The Kier molecular flexibility index (Phi) is 3.85. The van der Waals surface area contributed by atoms with Crippen LogP contribution in [0.5, 0.6) is 5.75 Å². The molecule has 0 radical (unpaired) electrons. The average molecular weight is 259 g/mol. The van der Waals surface area contributed by atoms with Gasteiger partial charge in [0.05, 0.1) is 12.8 Å². The zero-order valence-electron chi connectivity index (χ0n) is 11.3. The van der Waals surface area contributed by atoms with Crippen LogP contribution in [0.4, 0.5) is 5.69 Å². The maximum atomic E-state index is 12.1. The molecule has 0 saturated carbocycles. The van der Waals surface area contributed by atoms with Crippen LogP contribution in [0.15, 0.2) is 30.3 Å². The minimum absolute atomic E-state index is 0.236. The van der Waals surface area contributed by atoms with Crippen LogP contribution in [0.25, 0.3) is 0 Å². The molecule has 0 spiro atoms. The van der Waals surface area contributed by atoms with Crippen molar-refractivity contribution in [2.75, 3.05) is 12.4 Å². The van der Waals surface area contributed by atoms with Gasteiger partial charge in [-0.1, -0.05) is 12.1 Å². The second-order valence-electron chi connectivity index (χ2n) is 4.14. The molecule has 1 heterocycles. The summed E-state index contributed by atoms with van der Waals surface area (Å²) in [6, 6.07) is 9.05. The number of methoxy groups -OCH3 is 1. The summed E-state index contributed by atoms with van der Waals surface area (Å²) in [5.74, 6) is 0.391. The fourth-order valence-corrected chi connectivity index (χ4v) is 1.88. The number of carbonyl (C=O) groups excluding carboxylic acids is 1. The Morgan fingerprint density at radius 2 is 2.16 bits per heavy atom. The monoisotopic (exact) mass is 259 g/mol. The van der Waals surface area contributed by atoms with Crippen molar-refractivity contribution in [3.63, 3.8) is 0 Å². The first-order chi connectivity index (χ1) is 9.15. The summed E-state index contributed by atoms with van der Waals surface area (Å²) >= 11 is 0. The van der Waals surface area contributed by atoms with Crippen molar-refractivity contribution in [1.29, 1.82) is 0 Å². The molecule has 0 aliphatic rings. The topological polar surface area (TPSA) is 56.2 Å². The van der Waals surface area contributed by atoms with Gasteiger partial charge in [0.25, 0.3) is 5.91 Å². The van der Waals surface area contributed by atoms with Gasteiger partial charge in [0.1, 0.15) is 5.75 Å². The van der Waals surface area contributed by atoms with E-state index >= 15 is 0 Å². The number of anilines is 1. The number of carbonyl (C=O) groups is 1. The minimum atomic E-state index is -0.236. The number of amides is 1. The van der Waals surface area contributed by atoms with Crippen molar-refractivity contribution < 1.29 is 9.53 Å². The van der Waals surface area contributed by atoms with Crippen molar-refractivity contribution in [3.05, 3.63) is 41.7 Å². The van der Waals surface area contributed by atoms with Crippen molar-refractivity contribution in [2.24, 2.45) is 0 Å². The number of aromatic nitrogens is 2. The molecule has 19 heavy (non-hydrogen) atoms. The lowest BCUT2D eigenvalue weighted by Crippen LogP contribution is -2.14. The largest absolute Gasteiger partial charge is 0.495 e. The molecule has 0 saturated heterocycles. The molecule has 1 N–H and O–H groups in total. The molecule has 100 valence electrons. The van der Waals surface area contributed by atoms with Crippen LogP contribution >= 0.6 is 0 Å². The molecule has 1 amide bonds. The van der Waals surface area contributed by atoms with Crippen LogP contribution < -0.4 is 10.1 Å². The number of aryl methyl sites for hydroxylation is 2. The Morgan fingerprint density at radius 1 is 1.42 bits per heavy atom. The molecule has 0 aliphatic heterocycles. The van der Waals surface area contributed by atoms with E-state index < -0.39 is 0 Å². The van der Waals surface area contributed by atoms with Gasteiger partial charge in [0.15, 0.2) is 5.69 Å². The quantitative estimate of drug-likeness (QED) is 0.917. The molecule has 0 aliphatic carbocycles. The molecule has 1 aromatic carbocycles. The Bertz CT molecular complexity index is 590. The van der Waals surface area contributed by atoms with E-state index in [4.69, 9.17) is 4.74 Å². The lowest BCUT2D eigenvalue weighted by molar-refractivity contribution is 0.102. The fourth-order valence-electron chi connectivity index (χ4n) is 1.88. The predicted molar refractivity (Wildman–Crippen MR) is 73.6 cm³/mol. The predicted octanol–water partition coefficient (Wildman–Crippen LogP) is 2.47. The molecule has 0 atom stereocenters. The van der Waals surface area contributed by atoms with Gasteiger partial charge in [-0.2, -0.15) is 5.10 Å². The third-order valence-electron chi connectivity index (χ3n) is 2.87. The van der Waals surface area contributed by atoms with E-state index in [9.17, 15) is 4.79 Å². The number of benzene rings is 1. The Hall–Kier alpha value is -2.30. The maximum absolute atomic E-state index is 12.1. The fraction of sp³-hybridized carbons (Fsp3) is 0.286. The van der Waals surface area contributed by atoms with Gasteiger partial charge in [-0.15, -0.1) is 0 Å². The third kappa shape index (κ3) is 2.76. The highest BCUT2D eigenvalue weighted by Gasteiger charge is 2.13. The zero-order chi connectivity index (χ0) is 13.8. The van der Waals surface area contributed by atoms with E-state index in [1.54, 1.807) is 30.0 Å².